The fraction of sp³-hybridized carbons (Fsp3) is 0.900. The number of aliphatic carboxylic acids is 1. The van der Waals surface area contributed by atoms with E-state index >= 15 is 0 Å². The van der Waals surface area contributed by atoms with Crippen molar-refractivity contribution >= 4 is 5.97 Å². The van der Waals surface area contributed by atoms with Crippen LogP contribution in [0.15, 0.2) is 0 Å². The van der Waals surface area contributed by atoms with Gasteiger partial charge in [0.2, 0.25) is 0 Å². The number of carbonyl (C=O) groups is 1. The molecule has 0 fully saturated rings. The molecule has 0 heterocycles. The number of hydrogen-bond donors (Lipinski definition) is 3. The van der Waals surface area contributed by atoms with Crippen molar-refractivity contribution in [1.82, 2.24) is 4.90 Å². The van der Waals surface area contributed by atoms with Gasteiger partial charge in [-0.3, -0.25) is 4.90 Å². The fourth-order valence-corrected chi connectivity index (χ4v) is 1.26. The molecule has 0 saturated heterocycles. The average Bonchev–Trinajstić information content (AvgIpc) is 2.11. The molecule has 5 nitrogen and oxygen atoms in total. The standard InChI is InChI=1S/C10H21NO4/c1-8(2)11(5-4-6-12)7-10(3,15)9(13)14/h8,12,15H,4-7H2,1-3H3,(H,13,14). The van der Waals surface area contributed by atoms with Gasteiger partial charge in [-0.05, 0) is 27.2 Å². The van der Waals surface area contributed by atoms with Crippen LogP contribution >= 0.6 is 0 Å². The number of hydrogen-bond acceptors (Lipinski definition) is 4. The summed E-state index contributed by atoms with van der Waals surface area (Å²) in [6.07, 6.45) is 0.577. The van der Waals surface area contributed by atoms with Crippen molar-refractivity contribution in [3.8, 4) is 0 Å². The molecule has 0 aliphatic rings. The van der Waals surface area contributed by atoms with Gasteiger partial charge in [-0.15, -0.1) is 0 Å². The fourth-order valence-electron chi connectivity index (χ4n) is 1.26. The summed E-state index contributed by atoms with van der Waals surface area (Å²) in [7, 11) is 0. The van der Waals surface area contributed by atoms with Crippen LogP contribution in [0.3, 0.4) is 0 Å². The molecule has 0 amide bonds. The zero-order valence-electron chi connectivity index (χ0n) is 9.60. The molecule has 0 aromatic heterocycles. The van der Waals surface area contributed by atoms with Gasteiger partial charge in [0.1, 0.15) is 0 Å². The first kappa shape index (κ1) is 14.3. The Hall–Kier alpha value is -0.650. The lowest BCUT2D eigenvalue weighted by Crippen LogP contribution is -2.49. The first-order chi connectivity index (χ1) is 6.81. The van der Waals surface area contributed by atoms with Crippen LogP contribution in [-0.2, 0) is 4.79 Å². The Morgan fingerprint density at radius 1 is 1.47 bits per heavy atom. The molecule has 3 N–H and O–H groups in total. The molecular weight excluding hydrogens is 198 g/mol. The summed E-state index contributed by atoms with van der Waals surface area (Å²) < 4.78 is 0. The zero-order chi connectivity index (χ0) is 12.1. The second-order valence-corrected chi connectivity index (χ2v) is 4.22. The minimum absolute atomic E-state index is 0.0679. The predicted octanol–water partition coefficient (Wildman–Crippen LogP) is -0.0852. The normalized spacial score (nSPS) is 15.7. The lowest BCUT2D eigenvalue weighted by molar-refractivity contribution is -0.158. The first-order valence-electron chi connectivity index (χ1n) is 5.12. The second-order valence-electron chi connectivity index (χ2n) is 4.22. The number of aliphatic hydroxyl groups excluding tert-OH is 1. The number of aliphatic hydroxyl groups is 2. The SMILES string of the molecule is CC(C)N(CCCO)CC(C)(O)C(=O)O. The van der Waals surface area contributed by atoms with Gasteiger partial charge in [0.15, 0.2) is 5.60 Å². The third-order valence-electron chi connectivity index (χ3n) is 2.31. The van der Waals surface area contributed by atoms with Gasteiger partial charge < -0.3 is 15.3 Å². The van der Waals surface area contributed by atoms with E-state index in [0.717, 1.165) is 0 Å². The largest absolute Gasteiger partial charge is 0.479 e. The summed E-state index contributed by atoms with van der Waals surface area (Å²) in [5, 5.41) is 27.1. The molecule has 1 unspecified atom stereocenters. The van der Waals surface area contributed by atoms with E-state index in [9.17, 15) is 9.90 Å². The van der Waals surface area contributed by atoms with E-state index in [1.54, 1.807) is 0 Å². The molecule has 1 atom stereocenters. The number of carboxylic acid groups (broad SMARTS) is 1. The van der Waals surface area contributed by atoms with Crippen molar-refractivity contribution in [2.24, 2.45) is 0 Å². The van der Waals surface area contributed by atoms with Gasteiger partial charge in [-0.2, -0.15) is 0 Å². The summed E-state index contributed by atoms with van der Waals surface area (Å²) in [5.41, 5.74) is -1.74. The minimum atomic E-state index is -1.74. The summed E-state index contributed by atoms with van der Waals surface area (Å²) in [6.45, 7) is 5.85. The smallest absolute Gasteiger partial charge is 0.336 e. The molecule has 0 saturated carbocycles. The van der Waals surface area contributed by atoms with E-state index in [1.807, 2.05) is 18.7 Å². The first-order valence-corrected chi connectivity index (χ1v) is 5.12. The maximum Gasteiger partial charge on any atom is 0.336 e. The van der Waals surface area contributed by atoms with Crippen molar-refractivity contribution in [2.45, 2.75) is 38.8 Å². The summed E-state index contributed by atoms with van der Waals surface area (Å²) in [4.78, 5) is 12.6. The molecule has 0 bridgehead atoms. The highest BCUT2D eigenvalue weighted by Crippen LogP contribution is 2.10. The Kier molecular flexibility index (Phi) is 5.79. The van der Waals surface area contributed by atoms with Crippen LogP contribution < -0.4 is 0 Å². The molecule has 0 aromatic rings. The molecular formula is C10H21NO4. The molecule has 0 aliphatic heterocycles. The third kappa shape index (κ3) is 5.11. The van der Waals surface area contributed by atoms with E-state index in [0.29, 0.717) is 13.0 Å². The topological polar surface area (TPSA) is 81.0 Å². The number of rotatable bonds is 7. The molecule has 0 radical (unpaired) electrons. The van der Waals surface area contributed by atoms with Crippen LogP contribution in [0.4, 0.5) is 0 Å². The van der Waals surface area contributed by atoms with Crippen molar-refractivity contribution < 1.29 is 20.1 Å². The maximum absolute atomic E-state index is 10.7. The van der Waals surface area contributed by atoms with Gasteiger partial charge in [-0.1, -0.05) is 0 Å². The lowest BCUT2D eigenvalue weighted by atomic mass is 10.1. The molecule has 90 valence electrons. The van der Waals surface area contributed by atoms with Crippen molar-refractivity contribution in [3.63, 3.8) is 0 Å². The van der Waals surface area contributed by atoms with Gasteiger partial charge in [0.25, 0.3) is 0 Å². The molecule has 0 aromatic carbocycles. The van der Waals surface area contributed by atoms with E-state index in [2.05, 4.69) is 0 Å². The summed E-state index contributed by atoms with van der Waals surface area (Å²) >= 11 is 0. The zero-order valence-corrected chi connectivity index (χ0v) is 9.60. The Bertz CT molecular complexity index is 204. The van der Waals surface area contributed by atoms with Crippen LogP contribution in [0.1, 0.15) is 27.2 Å². The van der Waals surface area contributed by atoms with Crippen molar-refractivity contribution in [2.75, 3.05) is 19.7 Å². The molecule has 0 aliphatic carbocycles. The van der Waals surface area contributed by atoms with Gasteiger partial charge >= 0.3 is 5.97 Å². The monoisotopic (exact) mass is 219 g/mol. The second kappa shape index (κ2) is 6.05. The highest BCUT2D eigenvalue weighted by atomic mass is 16.4. The summed E-state index contributed by atoms with van der Waals surface area (Å²) in [6, 6.07) is 0.141. The van der Waals surface area contributed by atoms with E-state index in [4.69, 9.17) is 10.2 Å². The van der Waals surface area contributed by atoms with Gasteiger partial charge in [0.05, 0.1) is 0 Å². The van der Waals surface area contributed by atoms with Gasteiger partial charge in [-0.25, -0.2) is 4.79 Å². The van der Waals surface area contributed by atoms with Gasteiger partial charge in [0, 0.05) is 25.7 Å². The Morgan fingerprint density at radius 3 is 2.33 bits per heavy atom. The van der Waals surface area contributed by atoms with E-state index < -0.39 is 11.6 Å². The highest BCUT2D eigenvalue weighted by molar-refractivity contribution is 5.76. The predicted molar refractivity (Wildman–Crippen MR) is 56.7 cm³/mol. The summed E-state index contributed by atoms with van der Waals surface area (Å²) in [5.74, 6) is -1.22. The van der Waals surface area contributed by atoms with Crippen molar-refractivity contribution in [1.29, 1.82) is 0 Å². The number of carboxylic acids is 1. The third-order valence-corrected chi connectivity index (χ3v) is 2.31. The Balaban J connectivity index is 4.33. The molecule has 15 heavy (non-hydrogen) atoms. The van der Waals surface area contributed by atoms with E-state index in [-0.39, 0.29) is 19.2 Å². The Labute approximate surface area is 90.3 Å². The number of nitrogens with zero attached hydrogens (tertiary/aromatic N) is 1. The average molecular weight is 219 g/mol. The molecule has 5 heteroatoms. The molecule has 0 spiro atoms. The van der Waals surface area contributed by atoms with E-state index in [1.165, 1.54) is 6.92 Å². The highest BCUT2D eigenvalue weighted by Gasteiger charge is 2.32. The lowest BCUT2D eigenvalue weighted by Gasteiger charge is -2.31. The van der Waals surface area contributed by atoms with Crippen LogP contribution in [0.25, 0.3) is 0 Å². The van der Waals surface area contributed by atoms with Crippen LogP contribution in [0, 0.1) is 0 Å². The quantitative estimate of drug-likeness (QED) is 0.558. The van der Waals surface area contributed by atoms with Crippen LogP contribution in [0.2, 0.25) is 0 Å². The minimum Gasteiger partial charge on any atom is -0.479 e. The molecule has 0 rings (SSSR count). The van der Waals surface area contributed by atoms with Crippen LogP contribution in [0.5, 0.6) is 0 Å². The Morgan fingerprint density at radius 2 is 2.00 bits per heavy atom. The van der Waals surface area contributed by atoms with Crippen molar-refractivity contribution in [3.05, 3.63) is 0 Å². The maximum atomic E-state index is 10.7. The van der Waals surface area contributed by atoms with Crippen LogP contribution in [-0.4, -0.2) is 57.5 Å².